The Kier molecular flexibility index (Phi) is 5.32. The van der Waals surface area contributed by atoms with Crippen LogP contribution in [-0.2, 0) is 4.74 Å². The van der Waals surface area contributed by atoms with E-state index in [1.54, 1.807) is 24.3 Å². The van der Waals surface area contributed by atoms with Crippen molar-refractivity contribution in [2.45, 2.75) is 18.5 Å². The van der Waals surface area contributed by atoms with E-state index in [0.717, 1.165) is 6.42 Å². The molecule has 132 valence electrons. The van der Waals surface area contributed by atoms with Crippen LogP contribution in [0.25, 0.3) is 0 Å². The van der Waals surface area contributed by atoms with Gasteiger partial charge in [-0.05, 0) is 24.6 Å². The average molecular weight is 363 g/mol. The Morgan fingerprint density at radius 2 is 2.24 bits per heavy atom. The van der Waals surface area contributed by atoms with Crippen LogP contribution in [0.15, 0.2) is 30.5 Å². The molecule has 2 aromatic rings. The maximum Gasteiger partial charge on any atom is 0.254 e. The number of nitrogens with two attached hydrogens (primary N) is 2. The first kappa shape index (κ1) is 17.4. The topological polar surface area (TPSA) is 128 Å². The first-order valence-electron chi connectivity index (χ1n) is 7.82. The van der Waals surface area contributed by atoms with Gasteiger partial charge in [0.1, 0.15) is 11.4 Å². The molecule has 0 saturated carbocycles. The van der Waals surface area contributed by atoms with Crippen LogP contribution < -0.4 is 22.1 Å². The lowest BCUT2D eigenvalue weighted by Crippen LogP contribution is -2.47. The maximum absolute atomic E-state index is 11.7. The van der Waals surface area contributed by atoms with E-state index in [9.17, 15) is 4.79 Å². The number of nitrogens with zero attached hydrogens (tertiary/aromatic N) is 2. The maximum atomic E-state index is 11.7. The Labute approximate surface area is 149 Å². The van der Waals surface area contributed by atoms with Gasteiger partial charge in [0.05, 0.1) is 6.61 Å². The SMILES string of the molecule is NC(=O)c1cnc(N[C@@H]2CCOC[C@@H]2N)nc1Nc1cccc(Cl)c1. The molecule has 0 bridgehead atoms. The number of halogens is 1. The van der Waals surface area contributed by atoms with E-state index in [2.05, 4.69) is 20.6 Å². The summed E-state index contributed by atoms with van der Waals surface area (Å²) in [5, 5.41) is 6.80. The highest BCUT2D eigenvalue weighted by molar-refractivity contribution is 6.30. The molecule has 0 aliphatic carbocycles. The van der Waals surface area contributed by atoms with Gasteiger partial charge in [-0.1, -0.05) is 17.7 Å². The van der Waals surface area contributed by atoms with Crippen LogP contribution in [-0.4, -0.2) is 41.2 Å². The van der Waals surface area contributed by atoms with Crippen molar-refractivity contribution in [2.24, 2.45) is 11.5 Å². The van der Waals surface area contributed by atoms with E-state index < -0.39 is 5.91 Å². The van der Waals surface area contributed by atoms with Gasteiger partial charge in [-0.25, -0.2) is 4.98 Å². The second-order valence-corrected chi connectivity index (χ2v) is 6.17. The van der Waals surface area contributed by atoms with Crippen molar-refractivity contribution < 1.29 is 9.53 Å². The van der Waals surface area contributed by atoms with E-state index in [0.29, 0.717) is 35.7 Å². The molecule has 1 aliphatic heterocycles. The Balaban J connectivity index is 1.85. The Morgan fingerprint density at radius 3 is 2.96 bits per heavy atom. The Morgan fingerprint density at radius 1 is 1.40 bits per heavy atom. The Bertz CT molecular complexity index is 772. The quantitative estimate of drug-likeness (QED) is 0.634. The second kappa shape index (κ2) is 7.64. The van der Waals surface area contributed by atoms with Crippen molar-refractivity contribution in [1.29, 1.82) is 0 Å². The molecule has 1 aromatic heterocycles. The summed E-state index contributed by atoms with van der Waals surface area (Å²) in [7, 11) is 0. The molecule has 1 fully saturated rings. The van der Waals surface area contributed by atoms with Crippen molar-refractivity contribution in [3.05, 3.63) is 41.0 Å². The third-order valence-corrected chi connectivity index (χ3v) is 4.09. The van der Waals surface area contributed by atoms with Crippen molar-refractivity contribution in [2.75, 3.05) is 23.8 Å². The normalized spacial score (nSPS) is 20.1. The third kappa shape index (κ3) is 4.36. The highest BCUT2D eigenvalue weighted by atomic mass is 35.5. The number of hydrogen-bond donors (Lipinski definition) is 4. The zero-order chi connectivity index (χ0) is 17.8. The van der Waals surface area contributed by atoms with Crippen molar-refractivity contribution >= 4 is 35.0 Å². The van der Waals surface area contributed by atoms with Gasteiger partial charge < -0.3 is 26.8 Å². The number of carbonyl (C=O) groups is 1. The highest BCUT2D eigenvalue weighted by Gasteiger charge is 2.23. The van der Waals surface area contributed by atoms with Gasteiger partial charge >= 0.3 is 0 Å². The molecule has 9 heteroatoms. The Hall–Kier alpha value is -2.42. The van der Waals surface area contributed by atoms with Gasteiger partial charge in [0.25, 0.3) is 5.91 Å². The molecule has 1 aliphatic rings. The minimum atomic E-state index is -0.626. The van der Waals surface area contributed by atoms with Crippen LogP contribution in [0.1, 0.15) is 16.8 Å². The van der Waals surface area contributed by atoms with E-state index in [-0.39, 0.29) is 17.6 Å². The lowest BCUT2D eigenvalue weighted by atomic mass is 10.1. The number of primary amides is 1. The molecule has 2 heterocycles. The molecule has 8 nitrogen and oxygen atoms in total. The third-order valence-electron chi connectivity index (χ3n) is 3.86. The fourth-order valence-corrected chi connectivity index (χ4v) is 2.73. The van der Waals surface area contributed by atoms with Crippen LogP contribution in [0.5, 0.6) is 0 Å². The number of ether oxygens (including phenoxy) is 1. The van der Waals surface area contributed by atoms with Crippen molar-refractivity contribution in [1.82, 2.24) is 9.97 Å². The number of aromatic nitrogens is 2. The number of carbonyl (C=O) groups excluding carboxylic acids is 1. The summed E-state index contributed by atoms with van der Waals surface area (Å²) in [5.41, 5.74) is 12.3. The van der Waals surface area contributed by atoms with Gasteiger partial charge in [-0.2, -0.15) is 4.98 Å². The van der Waals surface area contributed by atoms with Crippen LogP contribution in [0, 0.1) is 0 Å². The lowest BCUT2D eigenvalue weighted by molar-refractivity contribution is 0.0751. The second-order valence-electron chi connectivity index (χ2n) is 5.73. The summed E-state index contributed by atoms with van der Waals surface area (Å²) in [6, 6.07) is 6.90. The monoisotopic (exact) mass is 362 g/mol. The number of nitrogens with one attached hydrogen (secondary N) is 2. The molecule has 0 radical (unpaired) electrons. The van der Waals surface area contributed by atoms with Crippen molar-refractivity contribution in [3.63, 3.8) is 0 Å². The molecule has 3 rings (SSSR count). The fourth-order valence-electron chi connectivity index (χ4n) is 2.53. The van der Waals surface area contributed by atoms with Gasteiger partial charge in [0.2, 0.25) is 5.95 Å². The van der Waals surface area contributed by atoms with Gasteiger partial charge in [-0.3, -0.25) is 4.79 Å². The van der Waals surface area contributed by atoms with Crippen LogP contribution in [0.2, 0.25) is 5.02 Å². The first-order chi connectivity index (χ1) is 12.0. The van der Waals surface area contributed by atoms with Gasteiger partial charge in [-0.15, -0.1) is 0 Å². The molecular weight excluding hydrogens is 344 g/mol. The molecule has 1 amide bonds. The summed E-state index contributed by atoms with van der Waals surface area (Å²) in [6.45, 7) is 1.10. The van der Waals surface area contributed by atoms with E-state index in [4.69, 9.17) is 27.8 Å². The van der Waals surface area contributed by atoms with Crippen molar-refractivity contribution in [3.8, 4) is 0 Å². The van der Waals surface area contributed by atoms with Gasteiger partial charge in [0.15, 0.2) is 0 Å². The van der Waals surface area contributed by atoms with E-state index in [1.807, 2.05) is 0 Å². The highest BCUT2D eigenvalue weighted by Crippen LogP contribution is 2.22. The predicted molar refractivity (Wildman–Crippen MR) is 96.1 cm³/mol. The molecular formula is C16H19ClN6O2. The van der Waals surface area contributed by atoms with Crippen LogP contribution in [0.4, 0.5) is 17.5 Å². The summed E-state index contributed by atoms with van der Waals surface area (Å²) < 4.78 is 5.32. The number of rotatable bonds is 5. The minimum Gasteiger partial charge on any atom is -0.380 e. The summed E-state index contributed by atoms with van der Waals surface area (Å²) >= 11 is 5.99. The molecule has 0 spiro atoms. The largest absolute Gasteiger partial charge is 0.380 e. The standard InChI is InChI=1S/C16H19ClN6O2/c17-9-2-1-3-10(6-9)21-15-11(14(19)24)7-20-16(23-15)22-13-4-5-25-8-12(13)18/h1-3,6-7,12-13H,4-5,8,18H2,(H2,19,24)(H2,20,21,22,23)/t12-,13+/m0/s1. The predicted octanol–water partition coefficient (Wildman–Crippen LogP) is 1.50. The molecule has 1 saturated heterocycles. The number of hydrogen-bond acceptors (Lipinski definition) is 7. The lowest BCUT2D eigenvalue weighted by Gasteiger charge is -2.29. The molecule has 25 heavy (non-hydrogen) atoms. The molecule has 2 atom stereocenters. The molecule has 0 unspecified atom stereocenters. The van der Waals surface area contributed by atoms with Gasteiger partial charge in [0, 0.05) is 35.6 Å². The van der Waals surface area contributed by atoms with Crippen LogP contribution in [0.3, 0.4) is 0 Å². The fraction of sp³-hybridized carbons (Fsp3) is 0.312. The van der Waals surface area contributed by atoms with E-state index >= 15 is 0 Å². The van der Waals surface area contributed by atoms with E-state index in [1.165, 1.54) is 6.20 Å². The number of amides is 1. The summed E-state index contributed by atoms with van der Waals surface area (Å²) in [4.78, 5) is 20.2. The summed E-state index contributed by atoms with van der Waals surface area (Å²) in [6.07, 6.45) is 2.13. The number of benzene rings is 1. The zero-order valence-corrected chi connectivity index (χ0v) is 14.2. The molecule has 6 N–H and O–H groups in total. The smallest absolute Gasteiger partial charge is 0.254 e. The summed E-state index contributed by atoms with van der Waals surface area (Å²) in [5.74, 6) is 0.0311. The first-order valence-corrected chi connectivity index (χ1v) is 8.20. The average Bonchev–Trinajstić information content (AvgIpc) is 2.57. The van der Waals surface area contributed by atoms with Crippen LogP contribution >= 0.6 is 11.6 Å². The number of anilines is 3. The molecule has 1 aromatic carbocycles. The zero-order valence-electron chi connectivity index (χ0n) is 13.4. The minimum absolute atomic E-state index is 0.00722.